The molecule has 0 amide bonds. The first kappa shape index (κ1) is 8.62. The summed E-state index contributed by atoms with van der Waals surface area (Å²) >= 11 is 4.91. The van der Waals surface area contributed by atoms with Gasteiger partial charge in [0.25, 0.3) is 0 Å². The summed E-state index contributed by atoms with van der Waals surface area (Å²) in [5, 5.41) is 8.76. The minimum Gasteiger partial charge on any atom is -0.480 e. The fourth-order valence-corrected chi connectivity index (χ4v) is 1.61. The molecule has 0 aromatic rings. The highest BCUT2D eigenvalue weighted by atomic mass is 32.1. The molecule has 0 heterocycles. The van der Waals surface area contributed by atoms with E-state index in [1.165, 1.54) is 0 Å². The third-order valence-corrected chi connectivity index (χ3v) is 2.67. The largest absolute Gasteiger partial charge is 0.480 e. The number of rotatable bonds is 1. The number of hydrogen-bond donors (Lipinski definition) is 2. The Labute approximate surface area is 70.6 Å². The van der Waals surface area contributed by atoms with Gasteiger partial charge in [0, 0.05) is 4.86 Å². The Bertz CT molecular complexity index is 205. The summed E-state index contributed by atoms with van der Waals surface area (Å²) in [6.45, 7) is 0. The first-order valence-corrected chi connectivity index (χ1v) is 4.04. The molecule has 1 unspecified atom stereocenters. The third kappa shape index (κ3) is 1.41. The molecule has 1 atom stereocenters. The molecule has 0 aromatic heterocycles. The summed E-state index contributed by atoms with van der Waals surface area (Å²) in [6.07, 6.45) is 3.01. The van der Waals surface area contributed by atoms with Gasteiger partial charge in [-0.1, -0.05) is 18.6 Å². The maximum atomic E-state index is 10.7. The molecular weight excluding hydrogens is 162 g/mol. The van der Waals surface area contributed by atoms with Crippen LogP contribution in [0, 0.1) is 0 Å². The Morgan fingerprint density at radius 1 is 1.64 bits per heavy atom. The molecule has 0 saturated heterocycles. The second-order valence-corrected chi connectivity index (χ2v) is 3.40. The van der Waals surface area contributed by atoms with E-state index in [2.05, 4.69) is 0 Å². The van der Waals surface area contributed by atoms with Gasteiger partial charge in [0.05, 0.1) is 0 Å². The molecule has 1 aliphatic rings. The van der Waals surface area contributed by atoms with E-state index < -0.39 is 11.5 Å². The van der Waals surface area contributed by atoms with Crippen LogP contribution < -0.4 is 5.73 Å². The highest BCUT2D eigenvalue weighted by Gasteiger charge is 2.39. The molecule has 62 valence electrons. The van der Waals surface area contributed by atoms with Crippen LogP contribution in [0.5, 0.6) is 0 Å². The van der Waals surface area contributed by atoms with Crippen LogP contribution in [0.2, 0.25) is 0 Å². The number of nitrogens with two attached hydrogens (primary N) is 1. The van der Waals surface area contributed by atoms with Gasteiger partial charge in [-0.15, -0.1) is 0 Å². The minimum absolute atomic E-state index is 0.487. The monoisotopic (exact) mass is 173 g/mol. The summed E-state index contributed by atoms with van der Waals surface area (Å²) in [6, 6.07) is 0. The molecule has 1 aliphatic carbocycles. The van der Waals surface area contributed by atoms with Crippen molar-refractivity contribution in [3.8, 4) is 0 Å². The Morgan fingerprint density at radius 2 is 2.27 bits per heavy atom. The molecule has 1 rings (SSSR count). The molecule has 0 bridgehead atoms. The fraction of sp³-hybridized carbons (Fsp3) is 0.714. The lowest BCUT2D eigenvalue weighted by atomic mass is 9.82. The van der Waals surface area contributed by atoms with E-state index in [0.29, 0.717) is 17.7 Å². The van der Waals surface area contributed by atoms with Gasteiger partial charge in [0.2, 0.25) is 0 Å². The SMILES string of the molecule is NC1(C(=O)O)CCCCC1=S. The molecule has 11 heavy (non-hydrogen) atoms. The van der Waals surface area contributed by atoms with Crippen LogP contribution in [-0.4, -0.2) is 21.5 Å². The van der Waals surface area contributed by atoms with Crippen molar-refractivity contribution >= 4 is 23.1 Å². The zero-order chi connectivity index (χ0) is 8.48. The van der Waals surface area contributed by atoms with Crippen LogP contribution in [0.4, 0.5) is 0 Å². The molecule has 1 fully saturated rings. The van der Waals surface area contributed by atoms with Crippen LogP contribution in [0.1, 0.15) is 25.7 Å². The second-order valence-electron chi connectivity index (χ2n) is 2.91. The summed E-state index contributed by atoms with van der Waals surface area (Å²) < 4.78 is 0. The zero-order valence-electron chi connectivity index (χ0n) is 6.17. The Balaban J connectivity index is 2.81. The van der Waals surface area contributed by atoms with Crippen molar-refractivity contribution in [3.05, 3.63) is 0 Å². The Kier molecular flexibility index (Phi) is 2.25. The van der Waals surface area contributed by atoms with Crippen molar-refractivity contribution in [2.24, 2.45) is 5.73 Å². The zero-order valence-corrected chi connectivity index (χ0v) is 6.99. The van der Waals surface area contributed by atoms with Crippen LogP contribution in [-0.2, 0) is 4.79 Å². The number of carbonyl (C=O) groups is 1. The summed E-state index contributed by atoms with van der Waals surface area (Å²) in [5.41, 5.74) is 4.39. The number of thiocarbonyl (C=S) groups is 1. The van der Waals surface area contributed by atoms with Gasteiger partial charge in [0.15, 0.2) is 0 Å². The lowest BCUT2D eigenvalue weighted by Crippen LogP contribution is -2.55. The van der Waals surface area contributed by atoms with Gasteiger partial charge in [-0.3, -0.25) is 0 Å². The normalized spacial score (nSPS) is 31.9. The first-order valence-electron chi connectivity index (χ1n) is 3.63. The van der Waals surface area contributed by atoms with Gasteiger partial charge in [-0.25, -0.2) is 4.79 Å². The molecule has 0 aliphatic heterocycles. The molecule has 1 saturated carbocycles. The summed E-state index contributed by atoms with van der Waals surface area (Å²) in [4.78, 5) is 11.2. The average Bonchev–Trinajstić information content (AvgIpc) is 1.95. The fourth-order valence-electron chi connectivity index (χ4n) is 1.28. The Hall–Kier alpha value is -0.480. The molecule has 4 heteroatoms. The highest BCUT2D eigenvalue weighted by molar-refractivity contribution is 7.80. The topological polar surface area (TPSA) is 63.3 Å². The van der Waals surface area contributed by atoms with Crippen LogP contribution >= 0.6 is 12.2 Å². The predicted molar refractivity (Wildman–Crippen MR) is 45.6 cm³/mol. The van der Waals surface area contributed by atoms with Crippen molar-refractivity contribution in [3.63, 3.8) is 0 Å². The van der Waals surface area contributed by atoms with Crippen LogP contribution in [0.15, 0.2) is 0 Å². The van der Waals surface area contributed by atoms with Crippen molar-refractivity contribution < 1.29 is 9.90 Å². The van der Waals surface area contributed by atoms with E-state index in [-0.39, 0.29) is 0 Å². The number of hydrogen-bond acceptors (Lipinski definition) is 3. The highest BCUT2D eigenvalue weighted by Crippen LogP contribution is 2.24. The third-order valence-electron chi connectivity index (χ3n) is 2.10. The van der Waals surface area contributed by atoms with Crippen molar-refractivity contribution in [1.29, 1.82) is 0 Å². The smallest absolute Gasteiger partial charge is 0.328 e. The first-order chi connectivity index (χ1) is 5.07. The van der Waals surface area contributed by atoms with E-state index in [9.17, 15) is 4.79 Å². The second kappa shape index (κ2) is 2.87. The van der Waals surface area contributed by atoms with Crippen LogP contribution in [0.25, 0.3) is 0 Å². The van der Waals surface area contributed by atoms with Gasteiger partial charge in [0.1, 0.15) is 5.54 Å². The van der Waals surface area contributed by atoms with E-state index in [0.717, 1.165) is 12.8 Å². The van der Waals surface area contributed by atoms with Crippen molar-refractivity contribution in [1.82, 2.24) is 0 Å². The number of aliphatic carboxylic acids is 1. The van der Waals surface area contributed by atoms with Gasteiger partial charge in [-0.05, 0) is 19.3 Å². The number of carboxylic acid groups (broad SMARTS) is 1. The molecule has 3 nitrogen and oxygen atoms in total. The van der Waals surface area contributed by atoms with Gasteiger partial charge in [-0.2, -0.15) is 0 Å². The molecule has 0 radical (unpaired) electrons. The van der Waals surface area contributed by atoms with Gasteiger partial charge >= 0.3 is 5.97 Å². The summed E-state index contributed by atoms with van der Waals surface area (Å²) in [7, 11) is 0. The standard InChI is InChI=1S/C7H11NO2S/c8-7(6(9)10)4-2-1-3-5(7)11/h1-4,8H2,(H,9,10). The van der Waals surface area contributed by atoms with Gasteiger partial charge < -0.3 is 10.8 Å². The molecule has 0 spiro atoms. The van der Waals surface area contributed by atoms with Crippen molar-refractivity contribution in [2.45, 2.75) is 31.2 Å². The molecule has 0 aromatic carbocycles. The maximum Gasteiger partial charge on any atom is 0.328 e. The molecule has 3 N–H and O–H groups in total. The van der Waals surface area contributed by atoms with E-state index in [1.807, 2.05) is 0 Å². The average molecular weight is 173 g/mol. The lowest BCUT2D eigenvalue weighted by molar-refractivity contribution is -0.141. The van der Waals surface area contributed by atoms with Crippen LogP contribution in [0.3, 0.4) is 0 Å². The Morgan fingerprint density at radius 3 is 2.64 bits per heavy atom. The minimum atomic E-state index is -1.21. The molecular formula is C7H11NO2S. The van der Waals surface area contributed by atoms with Crippen molar-refractivity contribution in [2.75, 3.05) is 0 Å². The van der Waals surface area contributed by atoms with E-state index >= 15 is 0 Å². The predicted octanol–water partition coefficient (Wildman–Crippen LogP) is 0.712. The number of carboxylic acids is 1. The lowest BCUT2D eigenvalue weighted by Gasteiger charge is -2.29. The summed E-state index contributed by atoms with van der Waals surface area (Å²) in [5.74, 6) is -0.984. The van der Waals surface area contributed by atoms with E-state index in [4.69, 9.17) is 23.1 Å². The maximum absolute atomic E-state index is 10.7. The van der Waals surface area contributed by atoms with E-state index in [1.54, 1.807) is 0 Å². The quantitative estimate of drug-likeness (QED) is 0.573.